The largest absolute Gasteiger partial charge is 0.389 e. The van der Waals surface area contributed by atoms with Crippen LogP contribution in [0.25, 0.3) is 0 Å². The Kier molecular flexibility index (Phi) is 4.08. The van der Waals surface area contributed by atoms with Crippen molar-refractivity contribution < 1.29 is 5.11 Å². The van der Waals surface area contributed by atoms with Gasteiger partial charge < -0.3 is 5.11 Å². The number of piperidine rings is 1. The van der Waals surface area contributed by atoms with E-state index in [1.807, 2.05) is 0 Å². The third-order valence-corrected chi connectivity index (χ3v) is 5.07. The normalized spacial score (nSPS) is 36.1. The molecule has 1 atom stereocenters. The SMILES string of the molecule is CC1CCC(O)(CN2CCCC[C@@H]2c2ncn[nH]2)CC1. The predicted molar refractivity (Wildman–Crippen MR) is 77.1 cm³/mol. The molecule has 0 unspecified atom stereocenters. The number of rotatable bonds is 3. The van der Waals surface area contributed by atoms with Gasteiger partial charge in [0, 0.05) is 6.54 Å². The van der Waals surface area contributed by atoms with E-state index >= 15 is 0 Å². The zero-order valence-corrected chi connectivity index (χ0v) is 12.4. The van der Waals surface area contributed by atoms with Gasteiger partial charge in [-0.25, -0.2) is 4.98 Å². The lowest BCUT2D eigenvalue weighted by molar-refractivity contribution is -0.0508. The zero-order chi connectivity index (χ0) is 14.0. The van der Waals surface area contributed by atoms with Gasteiger partial charge in [-0.15, -0.1) is 0 Å². The van der Waals surface area contributed by atoms with E-state index in [-0.39, 0.29) is 0 Å². The number of nitrogens with one attached hydrogen (secondary N) is 1. The summed E-state index contributed by atoms with van der Waals surface area (Å²) < 4.78 is 0. The highest BCUT2D eigenvalue weighted by Crippen LogP contribution is 2.36. The number of nitrogens with zero attached hydrogens (tertiary/aromatic N) is 3. The summed E-state index contributed by atoms with van der Waals surface area (Å²) in [6, 6.07) is 0.301. The van der Waals surface area contributed by atoms with Crippen LogP contribution in [0.15, 0.2) is 6.33 Å². The maximum atomic E-state index is 10.9. The second-order valence-electron chi connectivity index (χ2n) is 6.76. The summed E-state index contributed by atoms with van der Waals surface area (Å²) in [6.45, 7) is 4.13. The standard InChI is InChI=1S/C15H26N4O/c1-12-5-7-15(20,8-6-12)10-19-9-3-2-4-13(19)14-16-11-17-18-14/h11-13,20H,2-10H2,1H3,(H,16,17,18)/t12?,13-,15?/m1/s1. The van der Waals surface area contributed by atoms with Crippen LogP contribution >= 0.6 is 0 Å². The predicted octanol–water partition coefficient (Wildman–Crippen LogP) is 2.27. The molecule has 1 aliphatic heterocycles. The molecule has 112 valence electrons. The monoisotopic (exact) mass is 278 g/mol. The quantitative estimate of drug-likeness (QED) is 0.890. The van der Waals surface area contributed by atoms with Gasteiger partial charge in [0.15, 0.2) is 0 Å². The van der Waals surface area contributed by atoms with Crippen LogP contribution in [-0.4, -0.2) is 43.9 Å². The fourth-order valence-corrected chi connectivity index (χ4v) is 3.70. The third kappa shape index (κ3) is 3.04. The Labute approximate surface area is 120 Å². The minimum absolute atomic E-state index is 0.301. The molecule has 1 aromatic rings. The Morgan fingerprint density at radius 3 is 2.85 bits per heavy atom. The first-order valence-electron chi connectivity index (χ1n) is 7.98. The van der Waals surface area contributed by atoms with E-state index in [1.54, 1.807) is 6.33 Å². The second-order valence-corrected chi connectivity index (χ2v) is 6.76. The van der Waals surface area contributed by atoms with E-state index in [2.05, 4.69) is 27.0 Å². The Hall–Kier alpha value is -0.940. The van der Waals surface area contributed by atoms with Crippen molar-refractivity contribution in [1.29, 1.82) is 0 Å². The van der Waals surface area contributed by atoms with E-state index in [0.717, 1.165) is 56.9 Å². The summed E-state index contributed by atoms with van der Waals surface area (Å²) in [4.78, 5) is 6.74. The summed E-state index contributed by atoms with van der Waals surface area (Å²) in [5.74, 6) is 1.72. The minimum atomic E-state index is -0.498. The molecule has 5 nitrogen and oxygen atoms in total. The van der Waals surface area contributed by atoms with Gasteiger partial charge in [-0.3, -0.25) is 10.00 Å². The molecular formula is C15H26N4O. The van der Waals surface area contributed by atoms with Crippen molar-refractivity contribution in [2.45, 2.75) is 63.5 Å². The lowest BCUT2D eigenvalue weighted by Crippen LogP contribution is -2.48. The number of aromatic nitrogens is 3. The Morgan fingerprint density at radius 2 is 2.15 bits per heavy atom. The molecule has 2 fully saturated rings. The van der Waals surface area contributed by atoms with Gasteiger partial charge in [-0.1, -0.05) is 13.3 Å². The van der Waals surface area contributed by atoms with Crippen molar-refractivity contribution in [3.63, 3.8) is 0 Å². The molecule has 2 N–H and O–H groups in total. The van der Waals surface area contributed by atoms with Crippen LogP contribution in [0.4, 0.5) is 0 Å². The minimum Gasteiger partial charge on any atom is -0.389 e. The maximum Gasteiger partial charge on any atom is 0.141 e. The van der Waals surface area contributed by atoms with Crippen LogP contribution < -0.4 is 0 Å². The molecule has 1 aromatic heterocycles. The maximum absolute atomic E-state index is 10.9. The fourth-order valence-electron chi connectivity index (χ4n) is 3.70. The summed E-state index contributed by atoms with van der Waals surface area (Å²) >= 11 is 0. The average Bonchev–Trinajstić information content (AvgIpc) is 2.97. The van der Waals surface area contributed by atoms with Crippen LogP contribution in [0.5, 0.6) is 0 Å². The number of likely N-dealkylation sites (tertiary alicyclic amines) is 1. The van der Waals surface area contributed by atoms with Crippen LogP contribution in [0.3, 0.4) is 0 Å². The summed E-state index contributed by atoms with van der Waals surface area (Å²) in [5, 5.41) is 17.9. The molecule has 1 saturated carbocycles. The molecule has 0 amide bonds. The topological polar surface area (TPSA) is 65.0 Å². The molecule has 20 heavy (non-hydrogen) atoms. The Balaban J connectivity index is 1.68. The lowest BCUT2D eigenvalue weighted by Gasteiger charge is -2.42. The first kappa shape index (κ1) is 14.0. The van der Waals surface area contributed by atoms with Crippen LogP contribution in [0.2, 0.25) is 0 Å². The molecule has 0 radical (unpaired) electrons. The highest BCUT2D eigenvalue weighted by Gasteiger charge is 2.37. The van der Waals surface area contributed by atoms with Crippen molar-refractivity contribution in [3.8, 4) is 0 Å². The van der Waals surface area contributed by atoms with E-state index in [0.29, 0.717) is 6.04 Å². The van der Waals surface area contributed by atoms with E-state index < -0.39 is 5.60 Å². The molecule has 0 aromatic carbocycles. The number of H-pyrrole nitrogens is 1. The highest BCUT2D eigenvalue weighted by molar-refractivity contribution is 4.97. The molecule has 5 heteroatoms. The van der Waals surface area contributed by atoms with Gasteiger partial charge >= 0.3 is 0 Å². The van der Waals surface area contributed by atoms with Gasteiger partial charge in [-0.05, 0) is 51.0 Å². The Bertz CT molecular complexity index is 412. The van der Waals surface area contributed by atoms with Gasteiger partial charge in [-0.2, -0.15) is 5.10 Å². The average molecular weight is 278 g/mol. The number of aromatic amines is 1. The van der Waals surface area contributed by atoms with E-state index in [4.69, 9.17) is 0 Å². The van der Waals surface area contributed by atoms with E-state index in [9.17, 15) is 5.11 Å². The number of hydrogen-bond donors (Lipinski definition) is 2. The molecule has 2 heterocycles. The summed E-state index contributed by atoms with van der Waals surface area (Å²) in [6.07, 6.45) is 9.32. The highest BCUT2D eigenvalue weighted by atomic mass is 16.3. The molecular weight excluding hydrogens is 252 g/mol. The molecule has 1 saturated heterocycles. The molecule has 3 rings (SSSR count). The molecule has 0 bridgehead atoms. The van der Waals surface area contributed by atoms with Crippen molar-refractivity contribution in [2.24, 2.45) is 5.92 Å². The van der Waals surface area contributed by atoms with Gasteiger partial charge in [0.05, 0.1) is 11.6 Å². The first-order chi connectivity index (χ1) is 9.66. The van der Waals surface area contributed by atoms with Crippen LogP contribution in [-0.2, 0) is 0 Å². The summed E-state index contributed by atoms with van der Waals surface area (Å²) in [5.41, 5.74) is -0.498. The van der Waals surface area contributed by atoms with Gasteiger partial charge in [0.2, 0.25) is 0 Å². The van der Waals surface area contributed by atoms with Gasteiger partial charge in [0.25, 0.3) is 0 Å². The van der Waals surface area contributed by atoms with Crippen molar-refractivity contribution in [1.82, 2.24) is 20.1 Å². The van der Waals surface area contributed by atoms with Crippen molar-refractivity contribution >= 4 is 0 Å². The molecule has 2 aliphatic rings. The zero-order valence-electron chi connectivity index (χ0n) is 12.4. The third-order valence-electron chi connectivity index (χ3n) is 5.07. The Morgan fingerprint density at radius 1 is 1.35 bits per heavy atom. The number of hydrogen-bond acceptors (Lipinski definition) is 4. The van der Waals surface area contributed by atoms with Gasteiger partial charge in [0.1, 0.15) is 12.2 Å². The number of aliphatic hydroxyl groups is 1. The van der Waals surface area contributed by atoms with Crippen molar-refractivity contribution in [3.05, 3.63) is 12.2 Å². The summed E-state index contributed by atoms with van der Waals surface area (Å²) in [7, 11) is 0. The van der Waals surface area contributed by atoms with Crippen LogP contribution in [0, 0.1) is 5.92 Å². The molecule has 0 spiro atoms. The number of β-amino-alcohol motifs (C(OH)–C–C–N with tert-alkyl or cyclic N) is 1. The fraction of sp³-hybridized carbons (Fsp3) is 0.867. The van der Waals surface area contributed by atoms with Crippen LogP contribution in [0.1, 0.15) is 63.7 Å². The lowest BCUT2D eigenvalue weighted by atomic mass is 9.79. The smallest absolute Gasteiger partial charge is 0.141 e. The first-order valence-corrected chi connectivity index (χ1v) is 7.98. The van der Waals surface area contributed by atoms with E-state index in [1.165, 1.54) is 12.8 Å². The van der Waals surface area contributed by atoms with Crippen molar-refractivity contribution in [2.75, 3.05) is 13.1 Å². The second kappa shape index (κ2) is 5.82. The molecule has 1 aliphatic carbocycles.